The number of pyridine rings is 1. The number of H-pyrrole nitrogens is 1. The molecular weight excluding hydrogens is 464 g/mol. The van der Waals surface area contributed by atoms with Crippen LogP contribution in [0.15, 0.2) is 97.3 Å². The van der Waals surface area contributed by atoms with E-state index < -0.39 is 6.04 Å². The van der Waals surface area contributed by atoms with Crippen molar-refractivity contribution >= 4 is 28.4 Å². The first-order valence-corrected chi connectivity index (χ1v) is 12.0. The third-order valence-corrected chi connectivity index (χ3v) is 6.70. The summed E-state index contributed by atoms with van der Waals surface area (Å²) >= 11 is 0. The second-order valence-electron chi connectivity index (χ2n) is 8.90. The lowest BCUT2D eigenvalue weighted by molar-refractivity contribution is -0.117. The van der Waals surface area contributed by atoms with Crippen molar-refractivity contribution in [1.82, 2.24) is 14.9 Å². The van der Waals surface area contributed by atoms with E-state index in [-0.39, 0.29) is 18.4 Å². The van der Waals surface area contributed by atoms with Gasteiger partial charge in [-0.2, -0.15) is 0 Å². The number of aromatic nitrogens is 2. The molecule has 0 fully saturated rings. The number of nitrogens with zero attached hydrogens (tertiary/aromatic N) is 2. The summed E-state index contributed by atoms with van der Waals surface area (Å²) in [6.45, 7) is -0.107. The van der Waals surface area contributed by atoms with Crippen molar-refractivity contribution in [2.24, 2.45) is 0 Å². The Morgan fingerprint density at radius 2 is 1.86 bits per heavy atom. The van der Waals surface area contributed by atoms with E-state index in [1.165, 1.54) is 0 Å². The highest BCUT2D eigenvalue weighted by molar-refractivity contribution is 6.05. The quantitative estimate of drug-likeness (QED) is 0.334. The van der Waals surface area contributed by atoms with Crippen molar-refractivity contribution < 1.29 is 14.3 Å². The van der Waals surface area contributed by atoms with Crippen LogP contribution in [0.3, 0.4) is 0 Å². The molecule has 0 unspecified atom stereocenters. The number of benzene rings is 3. The maximum atomic E-state index is 13.7. The largest absolute Gasteiger partial charge is 0.497 e. The Bertz CT molecular complexity index is 1630. The SMILES string of the molecule is COc1cccc(-c2[nH]c3ccccc3c2[C@H]2c3ccccc3C(=O)N2CC(=O)Nc2cccnc2)c1. The topological polar surface area (TPSA) is 87.3 Å². The van der Waals surface area contributed by atoms with Crippen LogP contribution in [0.2, 0.25) is 0 Å². The molecule has 0 spiro atoms. The highest BCUT2D eigenvalue weighted by Crippen LogP contribution is 2.45. The Balaban J connectivity index is 1.50. The number of aromatic amines is 1. The van der Waals surface area contributed by atoms with Gasteiger partial charge in [0, 0.05) is 33.8 Å². The van der Waals surface area contributed by atoms with E-state index in [2.05, 4.69) is 15.3 Å². The summed E-state index contributed by atoms with van der Waals surface area (Å²) in [6, 6.07) is 26.5. The van der Waals surface area contributed by atoms with Gasteiger partial charge < -0.3 is 19.9 Å². The molecule has 2 aromatic heterocycles. The summed E-state index contributed by atoms with van der Waals surface area (Å²) in [5.41, 5.74) is 5.76. The molecule has 7 nitrogen and oxygen atoms in total. The first kappa shape index (κ1) is 22.5. The molecule has 3 aromatic carbocycles. The van der Waals surface area contributed by atoms with E-state index in [1.54, 1.807) is 36.5 Å². The lowest BCUT2D eigenvalue weighted by Gasteiger charge is -2.26. The van der Waals surface area contributed by atoms with E-state index in [4.69, 9.17) is 4.74 Å². The summed E-state index contributed by atoms with van der Waals surface area (Å²) in [7, 11) is 1.64. The number of ether oxygens (including phenoxy) is 1. The zero-order valence-electron chi connectivity index (χ0n) is 20.1. The average Bonchev–Trinajstić information content (AvgIpc) is 3.44. The van der Waals surface area contributed by atoms with Crippen LogP contribution >= 0.6 is 0 Å². The molecule has 2 N–H and O–H groups in total. The normalized spacial score (nSPS) is 14.6. The van der Waals surface area contributed by atoms with Crippen LogP contribution < -0.4 is 10.1 Å². The predicted octanol–water partition coefficient (Wildman–Crippen LogP) is 5.42. The summed E-state index contributed by atoms with van der Waals surface area (Å²) in [4.78, 5) is 36.1. The van der Waals surface area contributed by atoms with Crippen molar-refractivity contribution in [3.63, 3.8) is 0 Å². The van der Waals surface area contributed by atoms with E-state index in [0.29, 0.717) is 11.3 Å². The Morgan fingerprint density at radius 3 is 2.70 bits per heavy atom. The first-order valence-electron chi connectivity index (χ1n) is 12.0. The molecule has 1 atom stereocenters. The van der Waals surface area contributed by atoms with Gasteiger partial charge in [0.25, 0.3) is 5.91 Å². The Morgan fingerprint density at radius 1 is 1.03 bits per heavy atom. The number of para-hydroxylation sites is 1. The van der Waals surface area contributed by atoms with Crippen LogP contribution in [-0.4, -0.2) is 40.3 Å². The van der Waals surface area contributed by atoms with Gasteiger partial charge in [-0.3, -0.25) is 14.6 Å². The van der Waals surface area contributed by atoms with Crippen LogP contribution in [0, 0.1) is 0 Å². The summed E-state index contributed by atoms with van der Waals surface area (Å²) in [6.07, 6.45) is 3.22. The monoisotopic (exact) mass is 488 g/mol. The summed E-state index contributed by atoms with van der Waals surface area (Å²) in [5, 5.41) is 3.85. The van der Waals surface area contributed by atoms with Crippen molar-refractivity contribution in [2.45, 2.75) is 6.04 Å². The number of methoxy groups -OCH3 is 1. The molecule has 1 aliphatic heterocycles. The zero-order chi connectivity index (χ0) is 25.4. The summed E-state index contributed by atoms with van der Waals surface area (Å²) < 4.78 is 5.48. The lowest BCUT2D eigenvalue weighted by atomic mass is 9.93. The average molecular weight is 489 g/mol. The highest BCUT2D eigenvalue weighted by atomic mass is 16.5. The van der Waals surface area contributed by atoms with Gasteiger partial charge in [0.1, 0.15) is 12.3 Å². The van der Waals surface area contributed by atoms with Gasteiger partial charge in [0.2, 0.25) is 5.91 Å². The molecule has 6 rings (SSSR count). The molecule has 0 saturated heterocycles. The number of anilines is 1. The molecule has 0 aliphatic carbocycles. The number of carbonyl (C=O) groups excluding carboxylic acids is 2. The molecule has 0 bridgehead atoms. The maximum absolute atomic E-state index is 13.7. The number of nitrogens with one attached hydrogen (secondary N) is 2. The fourth-order valence-corrected chi connectivity index (χ4v) is 5.09. The van der Waals surface area contributed by atoms with E-state index in [1.807, 2.05) is 72.8 Å². The van der Waals surface area contributed by atoms with Crippen LogP contribution in [-0.2, 0) is 4.79 Å². The Kier molecular flexibility index (Phi) is 5.65. The molecular formula is C30H24N4O3. The number of rotatable bonds is 6. The lowest BCUT2D eigenvalue weighted by Crippen LogP contribution is -2.36. The Hall–Kier alpha value is -4.91. The standard InChI is InChI=1S/C30H24N4O3/c1-37-21-10-6-8-19(16-21)28-27(24-13-4-5-14-25(24)33-28)29-22-11-2-3-12-23(22)30(36)34(29)18-26(35)32-20-9-7-15-31-17-20/h2-17,29,33H,18H2,1H3,(H,32,35)/t29-/m1/s1. The van der Waals surface area contributed by atoms with Crippen LogP contribution in [0.1, 0.15) is 27.5 Å². The minimum atomic E-state index is -0.458. The van der Waals surface area contributed by atoms with Crippen molar-refractivity contribution in [3.8, 4) is 17.0 Å². The molecule has 7 heteroatoms. The van der Waals surface area contributed by atoms with Gasteiger partial charge in [-0.1, -0.05) is 48.5 Å². The van der Waals surface area contributed by atoms with E-state index >= 15 is 0 Å². The fourth-order valence-electron chi connectivity index (χ4n) is 5.09. The van der Waals surface area contributed by atoms with Gasteiger partial charge in [0.15, 0.2) is 0 Å². The van der Waals surface area contributed by atoms with Gasteiger partial charge in [0.05, 0.1) is 30.7 Å². The molecule has 1 aliphatic rings. The third kappa shape index (κ3) is 4.00. The summed E-state index contributed by atoms with van der Waals surface area (Å²) in [5.74, 6) is 0.267. The van der Waals surface area contributed by atoms with Crippen molar-refractivity contribution in [2.75, 3.05) is 19.0 Å². The van der Waals surface area contributed by atoms with Gasteiger partial charge in [-0.25, -0.2) is 0 Å². The van der Waals surface area contributed by atoms with Crippen molar-refractivity contribution in [1.29, 1.82) is 0 Å². The minimum absolute atomic E-state index is 0.107. The van der Waals surface area contributed by atoms with Gasteiger partial charge in [-0.15, -0.1) is 0 Å². The molecule has 0 saturated carbocycles. The Labute approximate surface area is 213 Å². The first-order chi connectivity index (χ1) is 18.1. The molecule has 2 amide bonds. The van der Waals surface area contributed by atoms with Gasteiger partial charge >= 0.3 is 0 Å². The highest BCUT2D eigenvalue weighted by Gasteiger charge is 2.41. The number of hydrogen-bond acceptors (Lipinski definition) is 4. The van der Waals surface area contributed by atoms with Crippen LogP contribution in [0.4, 0.5) is 5.69 Å². The number of fused-ring (bicyclic) bond motifs is 2. The van der Waals surface area contributed by atoms with E-state index in [9.17, 15) is 9.59 Å². The third-order valence-electron chi connectivity index (χ3n) is 6.70. The molecule has 182 valence electrons. The zero-order valence-corrected chi connectivity index (χ0v) is 20.1. The number of hydrogen-bond donors (Lipinski definition) is 2. The van der Waals surface area contributed by atoms with Crippen LogP contribution in [0.25, 0.3) is 22.2 Å². The smallest absolute Gasteiger partial charge is 0.255 e. The number of carbonyl (C=O) groups is 2. The second kappa shape index (κ2) is 9.28. The molecule has 5 aromatic rings. The number of amides is 2. The predicted molar refractivity (Wildman–Crippen MR) is 142 cm³/mol. The van der Waals surface area contributed by atoms with Crippen LogP contribution in [0.5, 0.6) is 5.75 Å². The van der Waals surface area contributed by atoms with Gasteiger partial charge in [-0.05, 0) is 42.0 Å². The van der Waals surface area contributed by atoms with E-state index in [0.717, 1.165) is 39.0 Å². The molecule has 0 radical (unpaired) electrons. The molecule has 3 heterocycles. The fraction of sp³-hybridized carbons (Fsp3) is 0.100. The van der Waals surface area contributed by atoms with Crippen molar-refractivity contribution in [3.05, 3.63) is 114 Å². The minimum Gasteiger partial charge on any atom is -0.497 e. The molecule has 37 heavy (non-hydrogen) atoms. The second-order valence-corrected chi connectivity index (χ2v) is 8.90. The maximum Gasteiger partial charge on any atom is 0.255 e.